The molecule has 6 heteroatoms. The Balaban J connectivity index is 2.20. The zero-order valence-electron chi connectivity index (χ0n) is 10.5. The fourth-order valence-corrected chi connectivity index (χ4v) is 2.10. The Morgan fingerprint density at radius 1 is 1.61 bits per heavy atom. The molecule has 1 aliphatic heterocycles. The Morgan fingerprint density at radius 3 is 3.00 bits per heavy atom. The third kappa shape index (κ3) is 2.30. The second-order valence-electron chi connectivity index (χ2n) is 4.27. The first-order chi connectivity index (χ1) is 8.65. The van der Waals surface area contributed by atoms with Crippen LogP contribution in [0.5, 0.6) is 5.88 Å². The second-order valence-corrected chi connectivity index (χ2v) is 4.27. The lowest BCUT2D eigenvalue weighted by molar-refractivity contribution is 0.0577. The number of carbonyl (C=O) groups excluding carboxylic acids is 1. The van der Waals surface area contributed by atoms with Crippen molar-refractivity contribution >= 4 is 5.91 Å². The number of hydrogen-bond donors (Lipinski definition) is 2. The quantitative estimate of drug-likeness (QED) is 0.757. The van der Waals surface area contributed by atoms with Crippen LogP contribution in [0.1, 0.15) is 10.4 Å². The number of carbonyl (C=O) groups is 1. The molecule has 6 nitrogen and oxygen atoms in total. The molecular formula is C12H17N3O3. The fraction of sp³-hybridized carbons (Fsp3) is 0.500. The summed E-state index contributed by atoms with van der Waals surface area (Å²) in [6.45, 7) is 1.10. The molecule has 0 unspecified atom stereocenters. The van der Waals surface area contributed by atoms with Gasteiger partial charge in [-0.05, 0) is 12.1 Å². The monoisotopic (exact) mass is 251 g/mol. The maximum Gasteiger partial charge on any atom is 0.259 e. The summed E-state index contributed by atoms with van der Waals surface area (Å²) in [6, 6.07) is 3.13. The summed E-state index contributed by atoms with van der Waals surface area (Å²) in [4.78, 5) is 17.9. The zero-order valence-corrected chi connectivity index (χ0v) is 10.5. The van der Waals surface area contributed by atoms with E-state index < -0.39 is 6.10 Å². The molecule has 1 aliphatic rings. The molecule has 0 aliphatic carbocycles. The van der Waals surface area contributed by atoms with Gasteiger partial charge in [0.25, 0.3) is 5.91 Å². The number of rotatable bonds is 3. The number of aliphatic hydroxyl groups is 1. The first-order valence-corrected chi connectivity index (χ1v) is 5.80. The number of methoxy groups -OCH3 is 1. The normalized spacial score (nSPS) is 22.8. The van der Waals surface area contributed by atoms with Gasteiger partial charge in [-0.15, -0.1) is 0 Å². The van der Waals surface area contributed by atoms with Gasteiger partial charge in [-0.25, -0.2) is 4.98 Å². The maximum absolute atomic E-state index is 12.3. The van der Waals surface area contributed by atoms with E-state index in [4.69, 9.17) is 4.74 Å². The van der Waals surface area contributed by atoms with E-state index in [0.29, 0.717) is 24.5 Å². The molecular weight excluding hydrogens is 234 g/mol. The van der Waals surface area contributed by atoms with E-state index >= 15 is 0 Å². The summed E-state index contributed by atoms with van der Waals surface area (Å²) >= 11 is 0. The van der Waals surface area contributed by atoms with E-state index in [9.17, 15) is 9.90 Å². The van der Waals surface area contributed by atoms with E-state index in [0.717, 1.165) is 0 Å². The lowest BCUT2D eigenvalue weighted by atomic mass is 10.1. The molecule has 0 saturated carbocycles. The van der Waals surface area contributed by atoms with Crippen molar-refractivity contribution in [3.8, 4) is 5.88 Å². The Bertz CT molecular complexity index is 438. The van der Waals surface area contributed by atoms with E-state index in [1.54, 1.807) is 25.4 Å². The van der Waals surface area contributed by atoms with Crippen LogP contribution in [-0.2, 0) is 0 Å². The van der Waals surface area contributed by atoms with E-state index in [-0.39, 0.29) is 11.9 Å². The van der Waals surface area contributed by atoms with Crippen molar-refractivity contribution < 1.29 is 14.6 Å². The van der Waals surface area contributed by atoms with Crippen molar-refractivity contribution in [1.82, 2.24) is 15.2 Å². The fourth-order valence-electron chi connectivity index (χ4n) is 2.10. The largest absolute Gasteiger partial charge is 0.480 e. The smallest absolute Gasteiger partial charge is 0.259 e. The van der Waals surface area contributed by atoms with Gasteiger partial charge in [0.1, 0.15) is 5.56 Å². The van der Waals surface area contributed by atoms with Crippen molar-refractivity contribution in [2.75, 3.05) is 27.2 Å². The lowest BCUT2D eigenvalue weighted by Crippen LogP contribution is -2.44. The minimum absolute atomic E-state index is 0.201. The molecule has 2 heterocycles. The van der Waals surface area contributed by atoms with Crippen LogP contribution in [0.2, 0.25) is 0 Å². The number of nitrogens with zero attached hydrogens (tertiary/aromatic N) is 2. The number of likely N-dealkylation sites (N-methyl/N-ethyl adjacent to an activating group) is 1. The molecule has 1 aromatic heterocycles. The first-order valence-electron chi connectivity index (χ1n) is 5.80. The second kappa shape index (κ2) is 5.32. The zero-order chi connectivity index (χ0) is 13.1. The average molecular weight is 251 g/mol. The minimum atomic E-state index is -0.540. The van der Waals surface area contributed by atoms with Crippen LogP contribution < -0.4 is 10.1 Å². The summed E-state index contributed by atoms with van der Waals surface area (Å²) in [6.07, 6.45) is 1.03. The van der Waals surface area contributed by atoms with Gasteiger partial charge in [-0.1, -0.05) is 0 Å². The number of nitrogens with one attached hydrogen (secondary N) is 1. The van der Waals surface area contributed by atoms with Crippen molar-refractivity contribution in [2.45, 2.75) is 12.1 Å². The van der Waals surface area contributed by atoms with Crippen LogP contribution >= 0.6 is 0 Å². The van der Waals surface area contributed by atoms with Crippen LogP contribution in [0.4, 0.5) is 0 Å². The van der Waals surface area contributed by atoms with Gasteiger partial charge in [0.05, 0.1) is 19.3 Å². The number of aromatic nitrogens is 1. The van der Waals surface area contributed by atoms with Crippen LogP contribution in [0.3, 0.4) is 0 Å². The molecule has 0 aromatic carbocycles. The van der Waals surface area contributed by atoms with Gasteiger partial charge < -0.3 is 20.1 Å². The first kappa shape index (κ1) is 12.8. The summed E-state index contributed by atoms with van der Waals surface area (Å²) in [5.74, 6) is 0.0995. The minimum Gasteiger partial charge on any atom is -0.480 e. The predicted molar refractivity (Wildman–Crippen MR) is 65.5 cm³/mol. The summed E-state index contributed by atoms with van der Waals surface area (Å²) in [5.41, 5.74) is 0.404. The van der Waals surface area contributed by atoms with Gasteiger partial charge in [-0.2, -0.15) is 0 Å². The molecule has 1 amide bonds. The Labute approximate surface area is 106 Å². The maximum atomic E-state index is 12.3. The average Bonchev–Trinajstić information content (AvgIpc) is 2.83. The third-order valence-electron chi connectivity index (χ3n) is 3.16. The van der Waals surface area contributed by atoms with E-state index in [2.05, 4.69) is 10.3 Å². The van der Waals surface area contributed by atoms with Crippen molar-refractivity contribution in [1.29, 1.82) is 0 Å². The number of β-amino-alcohol motifs (C(OH)–C–C–N with tert-alkyl or cyclic N) is 1. The Hall–Kier alpha value is -1.66. The van der Waals surface area contributed by atoms with Crippen LogP contribution in [0.25, 0.3) is 0 Å². The number of ether oxygens (including phenoxy) is 1. The molecule has 0 bridgehead atoms. The summed E-state index contributed by atoms with van der Waals surface area (Å²) in [7, 11) is 3.15. The van der Waals surface area contributed by atoms with E-state index in [1.807, 2.05) is 0 Å². The van der Waals surface area contributed by atoms with Crippen molar-refractivity contribution in [3.05, 3.63) is 23.9 Å². The number of hydrogen-bond acceptors (Lipinski definition) is 5. The van der Waals surface area contributed by atoms with Crippen LogP contribution in [-0.4, -0.2) is 60.3 Å². The molecule has 1 aromatic rings. The standard InChI is InChI=1S/C12H17N3O3/c1-15(9-6-13-7-10(9)16)12(17)8-4-3-5-14-11(8)18-2/h3-5,9-10,13,16H,6-7H2,1-2H3/t9-,10-/m1/s1. The highest BCUT2D eigenvalue weighted by atomic mass is 16.5. The highest BCUT2D eigenvalue weighted by Gasteiger charge is 2.32. The van der Waals surface area contributed by atoms with Gasteiger partial charge in [0.15, 0.2) is 0 Å². The predicted octanol–water partition coefficient (Wildman–Crippen LogP) is -0.505. The third-order valence-corrected chi connectivity index (χ3v) is 3.16. The van der Waals surface area contributed by atoms with Gasteiger partial charge in [0, 0.05) is 26.3 Å². The van der Waals surface area contributed by atoms with Gasteiger partial charge in [-0.3, -0.25) is 4.79 Å². The Morgan fingerprint density at radius 2 is 2.39 bits per heavy atom. The van der Waals surface area contributed by atoms with Gasteiger partial charge >= 0.3 is 0 Å². The highest BCUT2D eigenvalue weighted by molar-refractivity contribution is 5.96. The molecule has 0 spiro atoms. The number of pyridine rings is 1. The number of aliphatic hydroxyl groups excluding tert-OH is 1. The molecule has 2 N–H and O–H groups in total. The number of amides is 1. The Kier molecular flexibility index (Phi) is 3.78. The lowest BCUT2D eigenvalue weighted by Gasteiger charge is -2.26. The molecule has 98 valence electrons. The molecule has 0 radical (unpaired) electrons. The molecule has 2 rings (SSSR count). The molecule has 1 fully saturated rings. The SMILES string of the molecule is COc1ncccc1C(=O)N(C)[C@@H]1CNC[C@H]1O. The van der Waals surface area contributed by atoms with E-state index in [1.165, 1.54) is 12.0 Å². The summed E-state index contributed by atoms with van der Waals surface area (Å²) < 4.78 is 5.07. The van der Waals surface area contributed by atoms with Crippen LogP contribution in [0, 0.1) is 0 Å². The summed E-state index contributed by atoms with van der Waals surface area (Å²) in [5, 5.41) is 12.8. The topological polar surface area (TPSA) is 74.7 Å². The molecule has 18 heavy (non-hydrogen) atoms. The van der Waals surface area contributed by atoms with Crippen LogP contribution in [0.15, 0.2) is 18.3 Å². The highest BCUT2D eigenvalue weighted by Crippen LogP contribution is 2.18. The molecule has 1 saturated heterocycles. The van der Waals surface area contributed by atoms with Crippen molar-refractivity contribution in [2.24, 2.45) is 0 Å². The van der Waals surface area contributed by atoms with Crippen molar-refractivity contribution in [3.63, 3.8) is 0 Å². The molecule has 2 atom stereocenters. The van der Waals surface area contributed by atoms with Gasteiger partial charge in [0.2, 0.25) is 5.88 Å².